The lowest BCUT2D eigenvalue weighted by Gasteiger charge is -2.21. The standard InChI is InChI=1S/C24H15ClF7NO4S/c1-10-12(8-13-15(23(27,28)29)3-2-4-17(13)26)21-33(18(9-38-21)22(35)36)20(34)19(10)14-7-11(5-6-16(14)25)37-24(30,31)32/h2-7,18H,8-9H2,1H3,(H,35,36). The largest absolute Gasteiger partial charge is 0.573 e. The summed E-state index contributed by atoms with van der Waals surface area (Å²) >= 11 is 7.09. The first-order chi connectivity index (χ1) is 17.6. The first-order valence-electron chi connectivity index (χ1n) is 10.6. The van der Waals surface area contributed by atoms with E-state index in [1.165, 1.54) is 6.92 Å². The Kier molecular flexibility index (Phi) is 7.21. The molecule has 0 aliphatic carbocycles. The molecule has 1 aliphatic rings. The zero-order valence-electron chi connectivity index (χ0n) is 19.0. The molecule has 0 saturated heterocycles. The van der Waals surface area contributed by atoms with Crippen LogP contribution >= 0.6 is 23.4 Å². The summed E-state index contributed by atoms with van der Waals surface area (Å²) in [5.74, 6) is -3.49. The molecule has 3 aromatic rings. The van der Waals surface area contributed by atoms with Crippen molar-refractivity contribution >= 4 is 29.3 Å². The Morgan fingerprint density at radius 3 is 2.45 bits per heavy atom. The fraction of sp³-hybridized carbons (Fsp3) is 0.250. The number of hydrogen-bond acceptors (Lipinski definition) is 4. The van der Waals surface area contributed by atoms with Crippen LogP contribution in [0.1, 0.15) is 28.3 Å². The van der Waals surface area contributed by atoms with Gasteiger partial charge >= 0.3 is 18.5 Å². The predicted octanol–water partition coefficient (Wildman–Crippen LogP) is 6.86. The van der Waals surface area contributed by atoms with Gasteiger partial charge in [-0.25, -0.2) is 9.18 Å². The molecule has 2 aromatic carbocycles. The monoisotopic (exact) mass is 581 g/mol. The van der Waals surface area contributed by atoms with Gasteiger partial charge in [-0.05, 0) is 48.4 Å². The smallest absolute Gasteiger partial charge is 0.480 e. The van der Waals surface area contributed by atoms with Crippen LogP contribution in [0.4, 0.5) is 30.7 Å². The molecule has 1 atom stereocenters. The molecule has 0 amide bonds. The Morgan fingerprint density at radius 2 is 1.84 bits per heavy atom. The molecular formula is C24H15ClF7NO4S. The minimum atomic E-state index is -5.08. The topological polar surface area (TPSA) is 68.5 Å². The highest BCUT2D eigenvalue weighted by Crippen LogP contribution is 2.43. The number of pyridine rings is 1. The van der Waals surface area contributed by atoms with E-state index in [2.05, 4.69) is 4.74 Å². The lowest BCUT2D eigenvalue weighted by atomic mass is 9.92. The van der Waals surface area contributed by atoms with E-state index < -0.39 is 59.2 Å². The Hall–Kier alpha value is -3.19. The van der Waals surface area contributed by atoms with Crippen molar-refractivity contribution in [1.82, 2.24) is 4.57 Å². The number of carbonyl (C=O) groups is 1. The normalized spacial score (nSPS) is 15.4. The van der Waals surface area contributed by atoms with Crippen LogP contribution in [0, 0.1) is 12.7 Å². The highest BCUT2D eigenvalue weighted by molar-refractivity contribution is 7.99. The van der Waals surface area contributed by atoms with Crippen LogP contribution in [0.2, 0.25) is 5.02 Å². The van der Waals surface area contributed by atoms with Crippen LogP contribution in [0.5, 0.6) is 5.75 Å². The van der Waals surface area contributed by atoms with Crippen molar-refractivity contribution in [3.8, 4) is 16.9 Å². The lowest BCUT2D eigenvalue weighted by molar-refractivity contribution is -0.274. The van der Waals surface area contributed by atoms with E-state index in [1.54, 1.807) is 0 Å². The van der Waals surface area contributed by atoms with Gasteiger partial charge in [0.05, 0.1) is 16.2 Å². The van der Waals surface area contributed by atoms with E-state index in [0.29, 0.717) is 6.07 Å². The van der Waals surface area contributed by atoms with E-state index in [4.69, 9.17) is 11.6 Å². The summed E-state index contributed by atoms with van der Waals surface area (Å²) in [6, 6.07) is 3.71. The van der Waals surface area contributed by atoms with Crippen molar-refractivity contribution in [1.29, 1.82) is 0 Å². The maximum absolute atomic E-state index is 14.7. The number of aromatic nitrogens is 1. The molecule has 1 N–H and O–H groups in total. The zero-order chi connectivity index (χ0) is 28.2. The van der Waals surface area contributed by atoms with Crippen molar-refractivity contribution in [3.05, 3.63) is 79.8 Å². The van der Waals surface area contributed by atoms with E-state index >= 15 is 0 Å². The highest BCUT2D eigenvalue weighted by Gasteiger charge is 2.38. The van der Waals surface area contributed by atoms with Gasteiger partial charge in [-0.1, -0.05) is 17.7 Å². The van der Waals surface area contributed by atoms with Gasteiger partial charge in [0, 0.05) is 28.3 Å². The van der Waals surface area contributed by atoms with Crippen LogP contribution in [0.15, 0.2) is 46.2 Å². The van der Waals surface area contributed by atoms with Gasteiger partial charge in [0.2, 0.25) is 0 Å². The van der Waals surface area contributed by atoms with Gasteiger partial charge in [-0.15, -0.1) is 24.9 Å². The number of hydrogen-bond donors (Lipinski definition) is 1. The van der Waals surface area contributed by atoms with Crippen molar-refractivity contribution in [2.75, 3.05) is 5.75 Å². The minimum absolute atomic E-state index is 0.00200. The maximum atomic E-state index is 14.7. The third kappa shape index (κ3) is 5.21. The fourth-order valence-electron chi connectivity index (χ4n) is 4.28. The zero-order valence-corrected chi connectivity index (χ0v) is 20.6. The third-order valence-corrected chi connectivity index (χ3v) is 7.46. The molecule has 1 aliphatic heterocycles. The summed E-state index contributed by atoms with van der Waals surface area (Å²) in [5.41, 5.74) is -3.55. The van der Waals surface area contributed by atoms with Gasteiger partial charge in [0.1, 0.15) is 17.6 Å². The molecule has 2 heterocycles. The van der Waals surface area contributed by atoms with E-state index in [-0.39, 0.29) is 38.1 Å². The first kappa shape index (κ1) is 27.8. The summed E-state index contributed by atoms with van der Waals surface area (Å²) in [7, 11) is 0. The number of carboxylic acid groups (broad SMARTS) is 1. The van der Waals surface area contributed by atoms with E-state index in [1.807, 2.05) is 0 Å². The molecule has 0 saturated carbocycles. The van der Waals surface area contributed by atoms with E-state index in [0.717, 1.165) is 46.7 Å². The van der Waals surface area contributed by atoms with Crippen LogP contribution in [0.3, 0.4) is 0 Å². The number of halogens is 8. The molecule has 0 bridgehead atoms. The minimum Gasteiger partial charge on any atom is -0.480 e. The Morgan fingerprint density at radius 1 is 1.16 bits per heavy atom. The number of ether oxygens (including phenoxy) is 1. The van der Waals surface area contributed by atoms with Gasteiger partial charge in [0.25, 0.3) is 5.56 Å². The van der Waals surface area contributed by atoms with Crippen molar-refractivity contribution in [2.24, 2.45) is 0 Å². The molecule has 0 radical (unpaired) electrons. The lowest BCUT2D eigenvalue weighted by Crippen LogP contribution is -2.31. The second kappa shape index (κ2) is 9.84. The van der Waals surface area contributed by atoms with Crippen LogP contribution in [-0.4, -0.2) is 27.8 Å². The van der Waals surface area contributed by atoms with Gasteiger partial charge < -0.3 is 9.84 Å². The average Bonchev–Trinajstić information content (AvgIpc) is 3.23. The highest BCUT2D eigenvalue weighted by atomic mass is 35.5. The predicted molar refractivity (Wildman–Crippen MR) is 124 cm³/mol. The van der Waals surface area contributed by atoms with Crippen LogP contribution in [0.25, 0.3) is 11.1 Å². The Balaban J connectivity index is 2.02. The van der Waals surface area contributed by atoms with Crippen molar-refractivity contribution < 1.29 is 45.4 Å². The molecule has 1 aromatic heterocycles. The fourth-order valence-corrected chi connectivity index (χ4v) is 5.85. The second-order valence-electron chi connectivity index (χ2n) is 8.25. The molecule has 14 heteroatoms. The quantitative estimate of drug-likeness (QED) is 0.334. The number of carboxylic acids is 1. The molecule has 0 fully saturated rings. The van der Waals surface area contributed by atoms with Crippen molar-refractivity contribution in [3.63, 3.8) is 0 Å². The van der Waals surface area contributed by atoms with E-state index in [9.17, 15) is 45.4 Å². The van der Waals surface area contributed by atoms with Crippen LogP contribution in [-0.2, 0) is 17.4 Å². The molecule has 38 heavy (non-hydrogen) atoms. The number of benzene rings is 2. The maximum Gasteiger partial charge on any atom is 0.573 e. The average molecular weight is 582 g/mol. The molecule has 5 nitrogen and oxygen atoms in total. The summed E-state index contributed by atoms with van der Waals surface area (Å²) in [6.45, 7) is 1.32. The summed E-state index contributed by atoms with van der Waals surface area (Å²) in [6.07, 6.45) is -10.7. The first-order valence-corrected chi connectivity index (χ1v) is 12.0. The van der Waals surface area contributed by atoms with Crippen molar-refractivity contribution in [2.45, 2.75) is 37.0 Å². The molecule has 202 valence electrons. The van der Waals surface area contributed by atoms with Crippen LogP contribution < -0.4 is 10.3 Å². The molecule has 4 rings (SSSR count). The number of fused-ring (bicyclic) bond motifs is 1. The number of nitrogens with zero attached hydrogens (tertiary/aromatic N) is 1. The molecule has 1 unspecified atom stereocenters. The molecular weight excluding hydrogens is 567 g/mol. The Bertz CT molecular complexity index is 1500. The van der Waals surface area contributed by atoms with Gasteiger partial charge in [0.15, 0.2) is 0 Å². The summed E-state index contributed by atoms with van der Waals surface area (Å²) < 4.78 is 99.0. The van der Waals surface area contributed by atoms with Gasteiger partial charge in [-0.3, -0.25) is 9.36 Å². The number of alkyl halides is 6. The molecule has 0 spiro atoms. The van der Waals surface area contributed by atoms with Gasteiger partial charge in [-0.2, -0.15) is 13.2 Å². The Labute approximate surface area is 218 Å². The number of aliphatic carboxylic acids is 1. The number of rotatable bonds is 5. The third-order valence-electron chi connectivity index (χ3n) is 5.93. The second-order valence-corrected chi connectivity index (χ2v) is 9.67. The summed E-state index contributed by atoms with van der Waals surface area (Å²) in [5, 5.41) is 9.47. The SMILES string of the molecule is Cc1c(Cc2c(F)cccc2C(F)(F)F)c2n(c(=O)c1-c1cc(OC(F)(F)F)ccc1Cl)C(C(=O)O)CS2. The number of thioether (sulfide) groups is 1. The summed E-state index contributed by atoms with van der Waals surface area (Å²) in [4.78, 5) is 25.4.